The standard InChI is InChI=1S/C28H25N5O7S/c1-17-30-24-25(23-15-16-29-26(23)31-27(24)41(37,38)22-5-3-2-4-6-22)32(17)18-7-11-20(12-8-18)39-28(34)40-21-13-9-19(10-14-21)33(35)36/h2-6,9-10,13-16,18,20H,7-8,11-12H2,1H3,(H,29,31). The second-order valence-corrected chi connectivity index (χ2v) is 11.7. The van der Waals surface area contributed by atoms with Crippen LogP contribution in [-0.2, 0) is 14.6 Å². The highest BCUT2D eigenvalue weighted by molar-refractivity contribution is 7.91. The molecule has 0 bridgehead atoms. The first-order valence-electron chi connectivity index (χ1n) is 13.0. The maximum Gasteiger partial charge on any atom is 0.514 e. The summed E-state index contributed by atoms with van der Waals surface area (Å²) in [5, 5.41) is 11.5. The zero-order valence-electron chi connectivity index (χ0n) is 21.9. The number of imidazole rings is 1. The molecule has 0 radical (unpaired) electrons. The van der Waals surface area contributed by atoms with Crippen molar-refractivity contribution in [1.29, 1.82) is 0 Å². The molecule has 3 heterocycles. The highest BCUT2D eigenvalue weighted by Crippen LogP contribution is 2.38. The minimum Gasteiger partial charge on any atom is -0.431 e. The van der Waals surface area contributed by atoms with Crippen LogP contribution in [0.2, 0.25) is 0 Å². The van der Waals surface area contributed by atoms with Crippen LogP contribution in [0.25, 0.3) is 22.1 Å². The van der Waals surface area contributed by atoms with Crippen LogP contribution in [0.5, 0.6) is 5.75 Å². The van der Waals surface area contributed by atoms with Crippen LogP contribution in [0.4, 0.5) is 10.5 Å². The number of nitro benzene ring substituents is 1. The highest BCUT2D eigenvalue weighted by Gasteiger charge is 2.32. The minimum absolute atomic E-state index is 0.00155. The van der Waals surface area contributed by atoms with Gasteiger partial charge < -0.3 is 19.0 Å². The number of nitrogens with one attached hydrogen (secondary N) is 1. The molecule has 1 N–H and O–H groups in total. The van der Waals surface area contributed by atoms with E-state index >= 15 is 0 Å². The van der Waals surface area contributed by atoms with Gasteiger partial charge in [0.2, 0.25) is 9.84 Å². The molecule has 3 aromatic heterocycles. The van der Waals surface area contributed by atoms with Gasteiger partial charge in [-0.25, -0.2) is 23.2 Å². The maximum absolute atomic E-state index is 13.6. The smallest absolute Gasteiger partial charge is 0.431 e. The molecule has 1 aliphatic rings. The maximum atomic E-state index is 13.6. The Bertz CT molecular complexity index is 1870. The Balaban J connectivity index is 1.23. The molecule has 1 saturated carbocycles. The molecule has 6 rings (SSSR count). The van der Waals surface area contributed by atoms with Crippen LogP contribution in [-0.4, -0.2) is 45.1 Å². The first kappa shape index (κ1) is 26.4. The predicted octanol–water partition coefficient (Wildman–Crippen LogP) is 5.66. The first-order chi connectivity index (χ1) is 19.7. The van der Waals surface area contributed by atoms with Gasteiger partial charge >= 0.3 is 6.16 Å². The van der Waals surface area contributed by atoms with Crippen molar-refractivity contribution in [2.75, 3.05) is 0 Å². The van der Waals surface area contributed by atoms with Gasteiger partial charge in [-0.1, -0.05) is 18.2 Å². The van der Waals surface area contributed by atoms with E-state index in [4.69, 9.17) is 14.5 Å². The van der Waals surface area contributed by atoms with E-state index in [-0.39, 0.29) is 33.5 Å². The van der Waals surface area contributed by atoms with Crippen molar-refractivity contribution in [2.45, 2.75) is 54.7 Å². The average Bonchev–Trinajstić information content (AvgIpc) is 3.57. The van der Waals surface area contributed by atoms with E-state index in [1.807, 2.05) is 13.0 Å². The van der Waals surface area contributed by atoms with E-state index in [9.17, 15) is 23.3 Å². The fraction of sp³-hybridized carbons (Fsp3) is 0.250. The number of ether oxygens (including phenoxy) is 2. The van der Waals surface area contributed by atoms with Gasteiger partial charge in [-0.2, -0.15) is 0 Å². The van der Waals surface area contributed by atoms with Crippen LogP contribution in [0, 0.1) is 17.0 Å². The third kappa shape index (κ3) is 4.88. The molecule has 0 amide bonds. The lowest BCUT2D eigenvalue weighted by molar-refractivity contribution is -0.384. The number of H-pyrrole nitrogens is 1. The number of nitrogens with zero attached hydrogens (tertiary/aromatic N) is 4. The third-order valence-electron chi connectivity index (χ3n) is 7.31. The molecule has 0 unspecified atom stereocenters. The Morgan fingerprint density at radius 2 is 1.73 bits per heavy atom. The lowest BCUT2D eigenvalue weighted by Gasteiger charge is -2.30. The van der Waals surface area contributed by atoms with Crippen molar-refractivity contribution in [3.63, 3.8) is 0 Å². The number of fused-ring (bicyclic) bond motifs is 3. The SMILES string of the molecule is Cc1nc2c(S(=O)(=O)c3ccccc3)nc3[nH]ccc3c2n1C1CCC(OC(=O)Oc2ccc([N+](=O)[O-])cc2)CC1. The third-order valence-corrected chi connectivity index (χ3v) is 9.00. The normalized spacial score (nSPS) is 17.5. The molecule has 0 atom stereocenters. The summed E-state index contributed by atoms with van der Waals surface area (Å²) in [5.74, 6) is 0.821. The van der Waals surface area contributed by atoms with Crippen molar-refractivity contribution >= 4 is 43.7 Å². The number of benzene rings is 2. The number of non-ortho nitro benzene ring substituents is 1. The van der Waals surface area contributed by atoms with E-state index < -0.39 is 20.9 Å². The van der Waals surface area contributed by atoms with Crippen molar-refractivity contribution in [3.05, 3.63) is 82.8 Å². The molecule has 2 aromatic carbocycles. The van der Waals surface area contributed by atoms with Crippen molar-refractivity contribution in [1.82, 2.24) is 19.5 Å². The van der Waals surface area contributed by atoms with Crippen LogP contribution < -0.4 is 4.74 Å². The number of hydrogen-bond donors (Lipinski definition) is 1. The van der Waals surface area contributed by atoms with Crippen LogP contribution >= 0.6 is 0 Å². The Hall–Kier alpha value is -4.78. The number of aryl methyl sites for hydroxylation is 1. The summed E-state index contributed by atoms with van der Waals surface area (Å²) in [5.41, 5.74) is 1.37. The summed E-state index contributed by atoms with van der Waals surface area (Å²) in [7, 11) is -3.94. The number of hydrogen-bond acceptors (Lipinski definition) is 9. The molecule has 13 heteroatoms. The van der Waals surface area contributed by atoms with Gasteiger partial charge in [-0.3, -0.25) is 10.1 Å². The minimum atomic E-state index is -3.94. The zero-order chi connectivity index (χ0) is 28.7. The topological polar surface area (TPSA) is 159 Å². The van der Waals surface area contributed by atoms with Crippen LogP contribution in [0.15, 0.2) is 76.8 Å². The summed E-state index contributed by atoms with van der Waals surface area (Å²) in [6, 6.07) is 15.2. The number of nitro groups is 1. The van der Waals surface area contributed by atoms with Crippen LogP contribution in [0.3, 0.4) is 0 Å². The van der Waals surface area contributed by atoms with Gasteiger partial charge in [0.15, 0.2) is 5.03 Å². The second-order valence-electron chi connectivity index (χ2n) is 9.85. The number of carbonyl (C=O) groups is 1. The molecule has 0 saturated heterocycles. The quantitative estimate of drug-likeness (QED) is 0.117. The summed E-state index contributed by atoms with van der Waals surface area (Å²) in [4.78, 5) is 35.0. The summed E-state index contributed by atoms with van der Waals surface area (Å²) in [6.07, 6.45) is 2.94. The summed E-state index contributed by atoms with van der Waals surface area (Å²) >= 11 is 0. The van der Waals surface area contributed by atoms with Crippen molar-refractivity contribution < 1.29 is 27.6 Å². The Kier molecular flexibility index (Phi) is 6.66. The van der Waals surface area contributed by atoms with Gasteiger partial charge in [0, 0.05) is 29.8 Å². The Labute approximate surface area is 234 Å². The van der Waals surface area contributed by atoms with Crippen molar-refractivity contribution in [2.24, 2.45) is 0 Å². The number of aromatic amines is 1. The molecule has 1 fully saturated rings. The van der Waals surface area contributed by atoms with Gasteiger partial charge in [0.25, 0.3) is 5.69 Å². The highest BCUT2D eigenvalue weighted by atomic mass is 32.2. The first-order valence-corrected chi connectivity index (χ1v) is 14.5. The zero-order valence-corrected chi connectivity index (χ0v) is 22.7. The van der Waals surface area contributed by atoms with Gasteiger partial charge in [0.05, 0.1) is 15.3 Å². The van der Waals surface area contributed by atoms with Crippen LogP contribution in [0.1, 0.15) is 37.5 Å². The van der Waals surface area contributed by atoms with Gasteiger partial charge in [-0.05, 0) is 62.9 Å². The van der Waals surface area contributed by atoms with E-state index in [2.05, 4.69) is 14.5 Å². The molecule has 0 aliphatic heterocycles. The second kappa shape index (κ2) is 10.3. The Morgan fingerprint density at radius 1 is 1.02 bits per heavy atom. The summed E-state index contributed by atoms with van der Waals surface area (Å²) in [6.45, 7) is 1.85. The Morgan fingerprint density at radius 3 is 2.41 bits per heavy atom. The number of carbonyl (C=O) groups excluding carboxylic acids is 1. The summed E-state index contributed by atoms with van der Waals surface area (Å²) < 4.78 is 40.0. The molecular weight excluding hydrogens is 550 g/mol. The van der Waals surface area contributed by atoms with E-state index in [0.717, 1.165) is 5.39 Å². The fourth-order valence-electron chi connectivity index (χ4n) is 5.41. The van der Waals surface area contributed by atoms with E-state index in [0.29, 0.717) is 48.2 Å². The molecule has 12 nitrogen and oxygen atoms in total. The lowest BCUT2D eigenvalue weighted by Crippen LogP contribution is -2.27. The molecule has 41 heavy (non-hydrogen) atoms. The number of rotatable bonds is 6. The fourth-order valence-corrected chi connectivity index (χ4v) is 6.76. The largest absolute Gasteiger partial charge is 0.514 e. The monoisotopic (exact) mass is 575 g/mol. The molecular formula is C28H25N5O7S. The van der Waals surface area contributed by atoms with Gasteiger partial charge in [0.1, 0.15) is 28.8 Å². The molecule has 210 valence electrons. The predicted molar refractivity (Wildman–Crippen MR) is 148 cm³/mol. The lowest BCUT2D eigenvalue weighted by atomic mass is 9.92. The number of aromatic nitrogens is 4. The molecule has 0 spiro atoms. The number of pyridine rings is 1. The molecule has 5 aromatic rings. The average molecular weight is 576 g/mol. The molecule has 1 aliphatic carbocycles. The van der Waals surface area contributed by atoms with E-state index in [1.54, 1.807) is 36.5 Å². The van der Waals surface area contributed by atoms with E-state index in [1.165, 1.54) is 24.3 Å². The number of sulfone groups is 1. The van der Waals surface area contributed by atoms with Crippen molar-refractivity contribution in [3.8, 4) is 5.75 Å². The van der Waals surface area contributed by atoms with Gasteiger partial charge in [-0.15, -0.1) is 0 Å².